The van der Waals surface area contributed by atoms with Crippen LogP contribution in [0, 0.1) is 11.3 Å². The van der Waals surface area contributed by atoms with Crippen molar-refractivity contribution in [2.24, 2.45) is 11.3 Å². The smallest absolute Gasteiger partial charge is 0.222 e. The van der Waals surface area contributed by atoms with Crippen molar-refractivity contribution in [3.05, 3.63) is 0 Å². The number of hydrogen-bond donors (Lipinski definition) is 1. The first-order valence-electron chi connectivity index (χ1n) is 6.30. The molecule has 0 aliphatic heterocycles. The third-order valence-corrected chi connectivity index (χ3v) is 4.20. The fourth-order valence-corrected chi connectivity index (χ4v) is 3.29. The van der Waals surface area contributed by atoms with Crippen molar-refractivity contribution in [2.45, 2.75) is 44.9 Å². The van der Waals surface area contributed by atoms with Gasteiger partial charge in [0.25, 0.3) is 0 Å². The molecule has 0 saturated heterocycles. The van der Waals surface area contributed by atoms with Gasteiger partial charge in [-0.25, -0.2) is 0 Å². The molecule has 4 heteroatoms. The molecule has 2 aliphatic carbocycles. The highest BCUT2D eigenvalue weighted by molar-refractivity contribution is 6.02. The van der Waals surface area contributed by atoms with Gasteiger partial charge in [-0.2, -0.15) is 0 Å². The molecule has 17 heavy (non-hydrogen) atoms. The van der Waals surface area contributed by atoms with Crippen molar-refractivity contribution in [3.63, 3.8) is 0 Å². The van der Waals surface area contributed by atoms with Crippen LogP contribution in [0.15, 0.2) is 0 Å². The highest BCUT2D eigenvalue weighted by Gasteiger charge is 2.42. The van der Waals surface area contributed by atoms with E-state index in [2.05, 4.69) is 5.32 Å². The van der Waals surface area contributed by atoms with E-state index < -0.39 is 0 Å². The van der Waals surface area contributed by atoms with Crippen LogP contribution in [-0.2, 0) is 14.4 Å². The van der Waals surface area contributed by atoms with E-state index in [9.17, 15) is 14.4 Å². The molecule has 2 rings (SSSR count). The van der Waals surface area contributed by atoms with Gasteiger partial charge in [0.2, 0.25) is 5.91 Å². The van der Waals surface area contributed by atoms with Gasteiger partial charge in [0.15, 0.2) is 0 Å². The Balaban J connectivity index is 1.99. The Hall–Kier alpha value is -1.19. The standard InChI is InChI=1S/C13H19NO3/c1-14-12(17)9-2-4-13(5-3-9)7-10(15)6-11(16)8-13/h9H,2-8H2,1H3,(H,14,17). The van der Waals surface area contributed by atoms with Gasteiger partial charge >= 0.3 is 0 Å². The van der Waals surface area contributed by atoms with Crippen molar-refractivity contribution in [3.8, 4) is 0 Å². The van der Waals surface area contributed by atoms with Crippen molar-refractivity contribution >= 4 is 17.5 Å². The molecule has 0 radical (unpaired) electrons. The maximum Gasteiger partial charge on any atom is 0.222 e. The number of carbonyl (C=O) groups is 3. The Morgan fingerprint density at radius 3 is 2.18 bits per heavy atom. The first-order chi connectivity index (χ1) is 8.04. The van der Waals surface area contributed by atoms with Crippen LogP contribution in [0.4, 0.5) is 0 Å². The average molecular weight is 237 g/mol. The molecule has 2 saturated carbocycles. The summed E-state index contributed by atoms with van der Waals surface area (Å²) >= 11 is 0. The molecule has 2 fully saturated rings. The first-order valence-corrected chi connectivity index (χ1v) is 6.30. The second-order valence-corrected chi connectivity index (χ2v) is 5.50. The van der Waals surface area contributed by atoms with E-state index in [1.807, 2.05) is 0 Å². The highest BCUT2D eigenvalue weighted by Crippen LogP contribution is 2.46. The molecular formula is C13H19NO3. The molecule has 0 aromatic carbocycles. The molecule has 2 aliphatic rings. The summed E-state index contributed by atoms with van der Waals surface area (Å²) in [7, 11) is 1.65. The fourth-order valence-electron chi connectivity index (χ4n) is 3.29. The average Bonchev–Trinajstić information content (AvgIpc) is 2.27. The van der Waals surface area contributed by atoms with Crippen LogP contribution in [0.5, 0.6) is 0 Å². The first kappa shape index (κ1) is 12.3. The van der Waals surface area contributed by atoms with E-state index in [-0.39, 0.29) is 35.2 Å². The number of amides is 1. The Morgan fingerprint density at radius 1 is 1.18 bits per heavy atom. The van der Waals surface area contributed by atoms with E-state index >= 15 is 0 Å². The largest absolute Gasteiger partial charge is 0.359 e. The van der Waals surface area contributed by atoms with Crippen LogP contribution < -0.4 is 5.32 Å². The zero-order valence-electron chi connectivity index (χ0n) is 10.3. The summed E-state index contributed by atoms with van der Waals surface area (Å²) in [4.78, 5) is 34.6. The third-order valence-electron chi connectivity index (χ3n) is 4.20. The van der Waals surface area contributed by atoms with Gasteiger partial charge in [-0.15, -0.1) is 0 Å². The normalized spacial score (nSPS) is 25.0. The molecule has 4 nitrogen and oxygen atoms in total. The number of Topliss-reactive ketones (excluding diaryl/α,β-unsaturated/α-hetero) is 2. The van der Waals surface area contributed by atoms with E-state index in [0.717, 1.165) is 25.7 Å². The van der Waals surface area contributed by atoms with E-state index in [4.69, 9.17) is 0 Å². The molecule has 0 aromatic heterocycles. The lowest BCUT2D eigenvalue weighted by Gasteiger charge is -2.41. The summed E-state index contributed by atoms with van der Waals surface area (Å²) in [6, 6.07) is 0. The zero-order valence-corrected chi connectivity index (χ0v) is 10.3. The van der Waals surface area contributed by atoms with Crippen molar-refractivity contribution in [1.82, 2.24) is 5.32 Å². The monoisotopic (exact) mass is 237 g/mol. The van der Waals surface area contributed by atoms with Gasteiger partial charge < -0.3 is 5.32 Å². The fraction of sp³-hybridized carbons (Fsp3) is 0.769. The minimum atomic E-state index is -0.114. The van der Waals surface area contributed by atoms with Crippen LogP contribution in [-0.4, -0.2) is 24.5 Å². The number of carbonyl (C=O) groups excluding carboxylic acids is 3. The second-order valence-electron chi connectivity index (χ2n) is 5.50. The molecule has 94 valence electrons. The number of nitrogens with one attached hydrogen (secondary N) is 1. The Labute approximate surface area is 101 Å². The van der Waals surface area contributed by atoms with Crippen LogP contribution in [0.1, 0.15) is 44.9 Å². The predicted molar refractivity (Wildman–Crippen MR) is 62.3 cm³/mol. The number of rotatable bonds is 1. The maximum absolute atomic E-state index is 11.5. The minimum absolute atomic E-state index is 0.0674. The Kier molecular flexibility index (Phi) is 3.31. The third kappa shape index (κ3) is 2.56. The summed E-state index contributed by atoms with van der Waals surface area (Å²) in [5.41, 5.74) is -0.114. The van der Waals surface area contributed by atoms with Gasteiger partial charge in [-0.05, 0) is 31.1 Å². The Morgan fingerprint density at radius 2 is 1.71 bits per heavy atom. The van der Waals surface area contributed by atoms with Crippen molar-refractivity contribution in [1.29, 1.82) is 0 Å². The van der Waals surface area contributed by atoms with Gasteiger partial charge in [0.1, 0.15) is 11.6 Å². The number of ketones is 2. The molecule has 1 N–H and O–H groups in total. The van der Waals surface area contributed by atoms with E-state index in [1.54, 1.807) is 7.05 Å². The molecule has 0 atom stereocenters. The van der Waals surface area contributed by atoms with Crippen LogP contribution >= 0.6 is 0 Å². The van der Waals surface area contributed by atoms with Gasteiger partial charge in [0, 0.05) is 25.8 Å². The van der Waals surface area contributed by atoms with Crippen LogP contribution in [0.3, 0.4) is 0 Å². The maximum atomic E-state index is 11.5. The molecule has 1 spiro atoms. The molecule has 0 heterocycles. The summed E-state index contributed by atoms with van der Waals surface area (Å²) in [6.45, 7) is 0. The van der Waals surface area contributed by atoms with Gasteiger partial charge in [-0.1, -0.05) is 0 Å². The molecule has 0 aromatic rings. The summed E-state index contributed by atoms with van der Waals surface area (Å²) in [5, 5.41) is 2.67. The molecule has 0 bridgehead atoms. The lowest BCUT2D eigenvalue weighted by Crippen LogP contribution is -2.40. The quantitative estimate of drug-likeness (QED) is 0.698. The van der Waals surface area contributed by atoms with Gasteiger partial charge in [0.05, 0.1) is 6.42 Å². The van der Waals surface area contributed by atoms with Crippen LogP contribution in [0.25, 0.3) is 0 Å². The minimum Gasteiger partial charge on any atom is -0.359 e. The lowest BCUT2D eigenvalue weighted by atomic mass is 9.62. The van der Waals surface area contributed by atoms with E-state index in [1.165, 1.54) is 0 Å². The topological polar surface area (TPSA) is 63.2 Å². The predicted octanol–water partition coefficient (Wildman–Crippen LogP) is 1.23. The SMILES string of the molecule is CNC(=O)C1CCC2(CC1)CC(=O)CC(=O)C2. The number of hydrogen-bond acceptors (Lipinski definition) is 3. The summed E-state index contributed by atoms with van der Waals surface area (Å²) < 4.78 is 0. The molecule has 0 unspecified atom stereocenters. The summed E-state index contributed by atoms with van der Waals surface area (Å²) in [6.07, 6.45) is 4.49. The summed E-state index contributed by atoms with van der Waals surface area (Å²) in [5.74, 6) is 0.324. The molecular weight excluding hydrogens is 218 g/mol. The Bertz CT molecular complexity index is 336. The van der Waals surface area contributed by atoms with Crippen molar-refractivity contribution < 1.29 is 14.4 Å². The zero-order chi connectivity index (χ0) is 12.5. The van der Waals surface area contributed by atoms with E-state index in [0.29, 0.717) is 12.8 Å². The van der Waals surface area contributed by atoms with Crippen molar-refractivity contribution in [2.75, 3.05) is 7.05 Å². The second kappa shape index (κ2) is 4.59. The van der Waals surface area contributed by atoms with Crippen LogP contribution in [0.2, 0.25) is 0 Å². The highest BCUT2D eigenvalue weighted by atomic mass is 16.2. The lowest BCUT2D eigenvalue weighted by molar-refractivity contribution is -0.136. The molecule has 1 amide bonds. The van der Waals surface area contributed by atoms with Gasteiger partial charge in [-0.3, -0.25) is 14.4 Å².